The molecule has 1 aliphatic carbocycles. The highest BCUT2D eigenvalue weighted by molar-refractivity contribution is 6.49. The van der Waals surface area contributed by atoms with Gasteiger partial charge in [-0.2, -0.15) is 0 Å². The number of ether oxygens (including phenoxy) is 2. The van der Waals surface area contributed by atoms with E-state index in [2.05, 4.69) is 15.3 Å². The lowest BCUT2D eigenvalue weighted by atomic mass is 9.81. The Hall–Kier alpha value is -3.89. The van der Waals surface area contributed by atoms with Crippen LogP contribution in [0.2, 0.25) is 0 Å². The minimum absolute atomic E-state index is 0.146. The summed E-state index contributed by atoms with van der Waals surface area (Å²) in [5.74, 6) is -1.23. The van der Waals surface area contributed by atoms with E-state index in [4.69, 9.17) is 9.47 Å². The minimum atomic E-state index is -0.735. The molecule has 204 valence electrons. The molecule has 0 bridgehead atoms. The fourth-order valence-electron chi connectivity index (χ4n) is 5.16. The van der Waals surface area contributed by atoms with Gasteiger partial charge in [-0.3, -0.25) is 24.6 Å². The summed E-state index contributed by atoms with van der Waals surface area (Å²) in [4.78, 5) is 46.5. The van der Waals surface area contributed by atoms with Crippen LogP contribution in [0.1, 0.15) is 32.9 Å². The monoisotopic (exact) mass is 534 g/mol. The van der Waals surface area contributed by atoms with Gasteiger partial charge in [0.1, 0.15) is 28.9 Å². The third-order valence-corrected chi connectivity index (χ3v) is 6.96. The second kappa shape index (κ2) is 10.3. The van der Waals surface area contributed by atoms with E-state index in [1.165, 1.54) is 12.1 Å². The first-order valence-electron chi connectivity index (χ1n) is 12.8. The van der Waals surface area contributed by atoms with Crippen LogP contribution in [-0.2, 0) is 19.1 Å². The summed E-state index contributed by atoms with van der Waals surface area (Å²) in [5, 5.41) is 3.74. The van der Waals surface area contributed by atoms with Crippen molar-refractivity contribution in [2.24, 2.45) is 0 Å². The maximum Gasteiger partial charge on any atom is 0.320 e. The number of carbonyl (C=O) groups is 3. The van der Waals surface area contributed by atoms with Crippen LogP contribution in [0.15, 0.2) is 42.6 Å². The van der Waals surface area contributed by atoms with E-state index < -0.39 is 35.2 Å². The van der Waals surface area contributed by atoms with E-state index in [-0.39, 0.29) is 12.4 Å². The van der Waals surface area contributed by atoms with Gasteiger partial charge in [0.15, 0.2) is 0 Å². The number of ketones is 2. The summed E-state index contributed by atoms with van der Waals surface area (Å²) in [7, 11) is 1.55. The zero-order valence-electron chi connectivity index (χ0n) is 22.3. The largest absolute Gasteiger partial charge is 0.496 e. The first-order valence-corrected chi connectivity index (χ1v) is 12.8. The summed E-state index contributed by atoms with van der Waals surface area (Å²) < 4.78 is 24.8. The molecule has 0 spiro atoms. The number of fused-ring (bicyclic) bond motifs is 1. The van der Waals surface area contributed by atoms with Gasteiger partial charge in [-0.05, 0) is 68.7 Å². The fourth-order valence-corrected chi connectivity index (χ4v) is 5.16. The van der Waals surface area contributed by atoms with Gasteiger partial charge in [0, 0.05) is 35.9 Å². The van der Waals surface area contributed by atoms with Crippen molar-refractivity contribution < 1.29 is 28.2 Å². The minimum Gasteiger partial charge on any atom is -0.496 e. The van der Waals surface area contributed by atoms with Crippen molar-refractivity contribution >= 4 is 34.1 Å². The number of methoxy groups -OCH3 is 1. The fraction of sp³-hybridized carbons (Fsp3) is 0.379. The number of pyridine rings is 1. The lowest BCUT2D eigenvalue weighted by Gasteiger charge is -2.42. The van der Waals surface area contributed by atoms with Crippen LogP contribution in [0.5, 0.6) is 5.75 Å². The zero-order chi connectivity index (χ0) is 27.9. The van der Waals surface area contributed by atoms with Crippen LogP contribution in [0, 0.1) is 5.82 Å². The number of carbonyl (C=O) groups excluding carboxylic acids is 3. The number of H-pyrrole nitrogens is 1. The van der Waals surface area contributed by atoms with Crippen molar-refractivity contribution in [1.82, 2.24) is 20.2 Å². The van der Waals surface area contributed by atoms with E-state index in [0.29, 0.717) is 36.5 Å². The third-order valence-electron chi connectivity index (χ3n) is 6.96. The molecule has 3 aromatic rings. The molecule has 1 saturated carbocycles. The lowest BCUT2D eigenvalue weighted by molar-refractivity contribution is -0.156. The Morgan fingerprint density at radius 2 is 1.97 bits per heavy atom. The molecule has 0 radical (unpaired) electrons. The van der Waals surface area contributed by atoms with Gasteiger partial charge >= 0.3 is 5.97 Å². The van der Waals surface area contributed by atoms with E-state index in [0.717, 1.165) is 22.2 Å². The highest BCUT2D eigenvalue weighted by Crippen LogP contribution is 2.37. The third kappa shape index (κ3) is 5.35. The van der Waals surface area contributed by atoms with Gasteiger partial charge in [0.05, 0.1) is 19.7 Å². The number of benzene rings is 1. The maximum atomic E-state index is 14.1. The SMILES string of the molecule is COc1ccc(F)cc1-c1ccnc2[nH]c(C3=CCN(C4C(=O)C(=O)C4NCC(=O)OC(C)(C)C)CC3)cc12. The molecule has 5 rings (SSSR count). The molecule has 1 aliphatic heterocycles. The smallest absolute Gasteiger partial charge is 0.320 e. The van der Waals surface area contributed by atoms with Crippen molar-refractivity contribution in [2.45, 2.75) is 44.9 Å². The number of aromatic amines is 1. The number of hydrogen-bond acceptors (Lipinski definition) is 8. The molecule has 1 aromatic carbocycles. The quantitative estimate of drug-likeness (QED) is 0.351. The Balaban J connectivity index is 1.32. The molecule has 3 heterocycles. The van der Waals surface area contributed by atoms with Crippen molar-refractivity contribution in [3.05, 3.63) is 54.1 Å². The number of aromatic nitrogens is 2. The Labute approximate surface area is 225 Å². The number of nitrogens with one attached hydrogen (secondary N) is 2. The van der Waals surface area contributed by atoms with Crippen LogP contribution in [-0.4, -0.2) is 76.8 Å². The number of esters is 1. The van der Waals surface area contributed by atoms with Gasteiger partial charge in [0.25, 0.3) is 0 Å². The van der Waals surface area contributed by atoms with Crippen LogP contribution in [0.25, 0.3) is 27.7 Å². The number of hydrogen-bond donors (Lipinski definition) is 2. The first-order chi connectivity index (χ1) is 18.6. The second-order valence-corrected chi connectivity index (χ2v) is 10.7. The molecule has 0 saturated heterocycles. The van der Waals surface area contributed by atoms with Crippen LogP contribution < -0.4 is 10.1 Å². The molecule has 10 heteroatoms. The molecule has 39 heavy (non-hydrogen) atoms. The highest BCUT2D eigenvalue weighted by atomic mass is 19.1. The van der Waals surface area contributed by atoms with E-state index in [1.807, 2.05) is 23.1 Å². The highest BCUT2D eigenvalue weighted by Gasteiger charge is 2.52. The summed E-state index contributed by atoms with van der Waals surface area (Å²) in [6.45, 7) is 6.20. The van der Waals surface area contributed by atoms with Crippen molar-refractivity contribution in [2.75, 3.05) is 26.7 Å². The lowest BCUT2D eigenvalue weighted by Crippen LogP contribution is -2.71. The van der Waals surface area contributed by atoms with Gasteiger partial charge in [-0.15, -0.1) is 0 Å². The predicted molar refractivity (Wildman–Crippen MR) is 144 cm³/mol. The van der Waals surface area contributed by atoms with E-state index in [1.54, 1.807) is 40.1 Å². The van der Waals surface area contributed by atoms with Crippen molar-refractivity contribution in [3.63, 3.8) is 0 Å². The second-order valence-electron chi connectivity index (χ2n) is 10.7. The first kappa shape index (κ1) is 26.7. The number of halogens is 1. The van der Waals surface area contributed by atoms with Crippen molar-refractivity contribution in [1.29, 1.82) is 0 Å². The van der Waals surface area contributed by atoms with E-state index in [9.17, 15) is 18.8 Å². The number of rotatable bonds is 7. The Morgan fingerprint density at radius 1 is 1.18 bits per heavy atom. The molecule has 0 amide bonds. The Morgan fingerprint density at radius 3 is 2.67 bits per heavy atom. The molecule has 2 unspecified atom stereocenters. The Kier molecular flexibility index (Phi) is 7.09. The average Bonchev–Trinajstić information content (AvgIpc) is 3.34. The summed E-state index contributed by atoms with van der Waals surface area (Å²) in [6.07, 6.45) is 4.34. The van der Waals surface area contributed by atoms with Gasteiger partial charge in [-0.1, -0.05) is 6.08 Å². The molecular weight excluding hydrogens is 503 g/mol. The van der Waals surface area contributed by atoms with Crippen molar-refractivity contribution in [3.8, 4) is 16.9 Å². The summed E-state index contributed by atoms with van der Waals surface area (Å²) >= 11 is 0. The van der Waals surface area contributed by atoms with Crippen LogP contribution in [0.4, 0.5) is 4.39 Å². The molecule has 2 aromatic heterocycles. The number of Topliss-reactive ketones (excluding diaryl/α,β-unsaturated/α-hetero) is 2. The molecular formula is C29H31FN4O5. The van der Waals surface area contributed by atoms with Crippen LogP contribution >= 0.6 is 0 Å². The molecule has 9 nitrogen and oxygen atoms in total. The molecule has 2 atom stereocenters. The standard InChI is InChI=1S/C29H31FN4O5/c1-29(2,3)39-23(35)15-32-24-25(27(37)26(24)36)34-11-8-16(9-12-34)21-14-20-18(7-10-31-28(20)33-21)19-13-17(30)5-6-22(19)38-4/h5-8,10,13-14,24-25,32H,9,11-12,15H2,1-4H3,(H,31,33). The van der Waals surface area contributed by atoms with Crippen LogP contribution in [0.3, 0.4) is 0 Å². The predicted octanol–water partition coefficient (Wildman–Crippen LogP) is 3.29. The summed E-state index contributed by atoms with van der Waals surface area (Å²) in [6, 6.07) is 6.88. The summed E-state index contributed by atoms with van der Waals surface area (Å²) in [5.41, 5.74) is 3.41. The number of nitrogens with zero attached hydrogens (tertiary/aromatic N) is 2. The van der Waals surface area contributed by atoms with Gasteiger partial charge < -0.3 is 14.5 Å². The molecule has 1 fully saturated rings. The zero-order valence-corrected chi connectivity index (χ0v) is 22.3. The van der Waals surface area contributed by atoms with Gasteiger partial charge in [-0.25, -0.2) is 9.37 Å². The maximum absolute atomic E-state index is 14.1. The van der Waals surface area contributed by atoms with Gasteiger partial charge in [0.2, 0.25) is 11.6 Å². The Bertz CT molecular complexity index is 1490. The average molecular weight is 535 g/mol. The molecule has 2 N–H and O–H groups in total. The topological polar surface area (TPSA) is 114 Å². The normalized spacial score (nSPS) is 20.1. The molecule has 2 aliphatic rings. The van der Waals surface area contributed by atoms with E-state index >= 15 is 0 Å².